The normalized spacial score (nSPS) is 10.3. The number of anilines is 1. The van der Waals surface area contributed by atoms with E-state index in [-0.39, 0.29) is 5.91 Å². The zero-order valence-corrected chi connectivity index (χ0v) is 15.4. The average molecular weight is 386 g/mol. The number of amides is 1. The summed E-state index contributed by atoms with van der Waals surface area (Å²) in [6.07, 6.45) is 0. The number of nitrogens with one attached hydrogen (secondary N) is 1. The molecule has 0 radical (unpaired) electrons. The van der Waals surface area contributed by atoms with Gasteiger partial charge in [-0.3, -0.25) is 4.79 Å². The lowest BCUT2D eigenvalue weighted by atomic mass is 10.3. The van der Waals surface area contributed by atoms with Crippen molar-refractivity contribution in [3.8, 4) is 11.5 Å². The summed E-state index contributed by atoms with van der Waals surface area (Å²) in [7, 11) is 1.54. The molecule has 0 spiro atoms. The van der Waals surface area contributed by atoms with Crippen molar-refractivity contribution in [3.63, 3.8) is 0 Å². The SMILES string of the molecule is COc1ccc(NC(=O)CSCCOc2cccc(Cl)c2)cc1Cl. The van der Waals surface area contributed by atoms with E-state index in [1.165, 1.54) is 11.8 Å². The number of rotatable bonds is 8. The molecule has 2 aromatic rings. The fraction of sp³-hybridized carbons (Fsp3) is 0.235. The molecule has 24 heavy (non-hydrogen) atoms. The number of thioether (sulfide) groups is 1. The monoisotopic (exact) mass is 385 g/mol. The Morgan fingerprint density at radius 1 is 1.21 bits per heavy atom. The third-order valence-electron chi connectivity index (χ3n) is 2.96. The molecule has 0 heterocycles. The van der Waals surface area contributed by atoms with E-state index in [1.807, 2.05) is 12.1 Å². The molecule has 0 saturated heterocycles. The van der Waals surface area contributed by atoms with Gasteiger partial charge in [0, 0.05) is 16.5 Å². The van der Waals surface area contributed by atoms with E-state index in [4.69, 9.17) is 32.7 Å². The van der Waals surface area contributed by atoms with Gasteiger partial charge in [-0.15, -0.1) is 11.8 Å². The number of carbonyl (C=O) groups excluding carboxylic acids is 1. The lowest BCUT2D eigenvalue weighted by Crippen LogP contribution is -2.15. The third kappa shape index (κ3) is 6.15. The molecular weight excluding hydrogens is 369 g/mol. The standard InChI is InChI=1S/C17H17Cl2NO3S/c1-22-16-6-5-13(10-15(16)19)20-17(21)11-24-8-7-23-14-4-2-3-12(18)9-14/h2-6,9-10H,7-8,11H2,1H3,(H,20,21). The molecule has 2 aromatic carbocycles. The largest absolute Gasteiger partial charge is 0.495 e. The lowest BCUT2D eigenvalue weighted by molar-refractivity contribution is -0.113. The van der Waals surface area contributed by atoms with Crippen LogP contribution in [0.15, 0.2) is 42.5 Å². The van der Waals surface area contributed by atoms with Gasteiger partial charge in [-0.05, 0) is 36.4 Å². The Hall–Kier alpha value is -1.56. The fourth-order valence-corrected chi connectivity index (χ4v) is 2.92. The minimum absolute atomic E-state index is 0.0935. The predicted molar refractivity (Wildman–Crippen MR) is 101 cm³/mol. The first-order chi connectivity index (χ1) is 11.6. The molecule has 0 fully saturated rings. The van der Waals surface area contributed by atoms with Crippen molar-refractivity contribution >= 4 is 46.6 Å². The predicted octanol–water partition coefficient (Wildman–Crippen LogP) is 4.75. The Balaban J connectivity index is 1.67. The Morgan fingerprint density at radius 3 is 2.75 bits per heavy atom. The van der Waals surface area contributed by atoms with Gasteiger partial charge in [-0.2, -0.15) is 0 Å². The highest BCUT2D eigenvalue weighted by atomic mass is 35.5. The van der Waals surface area contributed by atoms with Gasteiger partial charge in [0.1, 0.15) is 11.5 Å². The number of methoxy groups -OCH3 is 1. The zero-order chi connectivity index (χ0) is 17.4. The van der Waals surface area contributed by atoms with Crippen LogP contribution in [0.5, 0.6) is 11.5 Å². The van der Waals surface area contributed by atoms with Gasteiger partial charge >= 0.3 is 0 Å². The molecule has 0 aliphatic rings. The molecule has 0 bridgehead atoms. The first-order valence-corrected chi connectivity index (χ1v) is 9.09. The molecule has 0 aliphatic carbocycles. The highest BCUT2D eigenvalue weighted by Crippen LogP contribution is 2.27. The summed E-state index contributed by atoms with van der Waals surface area (Å²) in [6.45, 7) is 0.507. The minimum atomic E-state index is -0.0935. The quantitative estimate of drug-likeness (QED) is 0.665. The van der Waals surface area contributed by atoms with Gasteiger partial charge in [0.25, 0.3) is 0 Å². The third-order valence-corrected chi connectivity index (χ3v) is 4.41. The summed E-state index contributed by atoms with van der Waals surface area (Å²) in [5, 5.41) is 3.89. The summed E-state index contributed by atoms with van der Waals surface area (Å²) in [5.74, 6) is 2.23. The van der Waals surface area contributed by atoms with Crippen molar-refractivity contribution in [1.29, 1.82) is 0 Å². The summed E-state index contributed by atoms with van der Waals surface area (Å²) in [6, 6.07) is 12.3. The van der Waals surface area contributed by atoms with Gasteiger partial charge < -0.3 is 14.8 Å². The van der Waals surface area contributed by atoms with Crippen molar-refractivity contribution in [3.05, 3.63) is 52.5 Å². The maximum absolute atomic E-state index is 11.9. The van der Waals surface area contributed by atoms with Gasteiger partial charge in [0.2, 0.25) is 5.91 Å². The summed E-state index contributed by atoms with van der Waals surface area (Å²) in [4.78, 5) is 11.9. The van der Waals surface area contributed by atoms with Crippen LogP contribution in [0.3, 0.4) is 0 Å². The van der Waals surface area contributed by atoms with Crippen molar-refractivity contribution in [2.45, 2.75) is 0 Å². The van der Waals surface area contributed by atoms with Crippen LogP contribution in [-0.4, -0.2) is 31.1 Å². The Labute approximate surface area is 155 Å². The maximum Gasteiger partial charge on any atom is 0.234 e. The molecule has 1 amide bonds. The number of ether oxygens (including phenoxy) is 2. The molecule has 7 heteroatoms. The number of carbonyl (C=O) groups is 1. The molecule has 1 N–H and O–H groups in total. The van der Waals surface area contributed by atoms with Crippen LogP contribution in [-0.2, 0) is 4.79 Å². The number of benzene rings is 2. The highest BCUT2D eigenvalue weighted by molar-refractivity contribution is 7.99. The van der Waals surface area contributed by atoms with E-state index in [1.54, 1.807) is 37.4 Å². The number of halogens is 2. The molecule has 4 nitrogen and oxygen atoms in total. The minimum Gasteiger partial charge on any atom is -0.495 e. The fourth-order valence-electron chi connectivity index (χ4n) is 1.88. The van der Waals surface area contributed by atoms with E-state index >= 15 is 0 Å². The topological polar surface area (TPSA) is 47.6 Å². The molecule has 2 rings (SSSR count). The second kappa shape index (κ2) is 9.67. The van der Waals surface area contributed by atoms with E-state index in [9.17, 15) is 4.79 Å². The van der Waals surface area contributed by atoms with E-state index in [0.29, 0.717) is 39.6 Å². The lowest BCUT2D eigenvalue weighted by Gasteiger charge is -2.08. The van der Waals surface area contributed by atoms with E-state index in [2.05, 4.69) is 5.32 Å². The van der Waals surface area contributed by atoms with Crippen molar-refractivity contribution in [2.75, 3.05) is 30.5 Å². The number of hydrogen-bond donors (Lipinski definition) is 1. The smallest absolute Gasteiger partial charge is 0.234 e. The molecule has 128 valence electrons. The second-order valence-electron chi connectivity index (χ2n) is 4.76. The van der Waals surface area contributed by atoms with Crippen molar-refractivity contribution in [1.82, 2.24) is 0 Å². The Kier molecular flexibility index (Phi) is 7.56. The first kappa shape index (κ1) is 18.8. The van der Waals surface area contributed by atoms with E-state index in [0.717, 1.165) is 5.75 Å². The highest BCUT2D eigenvalue weighted by Gasteiger charge is 2.06. The molecule has 0 saturated carbocycles. The van der Waals surface area contributed by atoms with Gasteiger partial charge in [0.15, 0.2) is 0 Å². The van der Waals surface area contributed by atoms with Gasteiger partial charge in [-0.25, -0.2) is 0 Å². The van der Waals surface area contributed by atoms with E-state index < -0.39 is 0 Å². The van der Waals surface area contributed by atoms with Crippen LogP contribution in [0, 0.1) is 0 Å². The summed E-state index contributed by atoms with van der Waals surface area (Å²) < 4.78 is 10.6. The summed E-state index contributed by atoms with van der Waals surface area (Å²) >= 11 is 13.4. The maximum atomic E-state index is 11.9. The van der Waals surface area contributed by atoms with Crippen LogP contribution in [0.4, 0.5) is 5.69 Å². The van der Waals surface area contributed by atoms with Crippen molar-refractivity contribution in [2.24, 2.45) is 0 Å². The zero-order valence-electron chi connectivity index (χ0n) is 13.1. The molecular formula is C17H17Cl2NO3S. The molecule has 0 unspecified atom stereocenters. The first-order valence-electron chi connectivity index (χ1n) is 7.18. The molecule has 0 atom stereocenters. The second-order valence-corrected chi connectivity index (χ2v) is 6.70. The van der Waals surface area contributed by atoms with Gasteiger partial charge in [-0.1, -0.05) is 29.3 Å². The van der Waals surface area contributed by atoms with Crippen LogP contribution in [0.2, 0.25) is 10.0 Å². The van der Waals surface area contributed by atoms with Crippen LogP contribution < -0.4 is 14.8 Å². The van der Waals surface area contributed by atoms with Gasteiger partial charge in [0.05, 0.1) is 24.5 Å². The Morgan fingerprint density at radius 2 is 2.04 bits per heavy atom. The van der Waals surface area contributed by atoms with Crippen LogP contribution in [0.1, 0.15) is 0 Å². The average Bonchev–Trinajstić information content (AvgIpc) is 2.55. The molecule has 0 aliphatic heterocycles. The summed E-state index contributed by atoms with van der Waals surface area (Å²) in [5.41, 5.74) is 0.640. The van der Waals surface area contributed by atoms with Crippen LogP contribution in [0.25, 0.3) is 0 Å². The molecule has 0 aromatic heterocycles. The van der Waals surface area contributed by atoms with Crippen LogP contribution >= 0.6 is 35.0 Å². The Bertz CT molecular complexity index is 697. The number of hydrogen-bond acceptors (Lipinski definition) is 4. The van der Waals surface area contributed by atoms with Crippen molar-refractivity contribution < 1.29 is 14.3 Å².